The average molecular weight is 333 g/mol. The van der Waals surface area contributed by atoms with Crippen molar-refractivity contribution in [3.8, 4) is 0 Å². The number of benzene rings is 1. The standard InChI is InChI=1S/C13H17BrO3S/c1-3-10(2)8-18(16,17)9-13(15)11-6-4-5-7-12(11)14/h4-7,10H,3,8-9H2,1-2H3. The molecule has 0 fully saturated rings. The molecule has 0 aliphatic carbocycles. The van der Waals surface area contributed by atoms with Gasteiger partial charge >= 0.3 is 0 Å². The molecule has 3 nitrogen and oxygen atoms in total. The minimum Gasteiger partial charge on any atom is -0.293 e. The summed E-state index contributed by atoms with van der Waals surface area (Å²) in [5.74, 6) is -0.618. The molecule has 1 aromatic carbocycles. The van der Waals surface area contributed by atoms with Crippen molar-refractivity contribution in [3.05, 3.63) is 34.3 Å². The highest BCUT2D eigenvalue weighted by Gasteiger charge is 2.21. The molecule has 1 aromatic rings. The number of rotatable bonds is 6. The van der Waals surface area contributed by atoms with Crippen LogP contribution in [0.2, 0.25) is 0 Å². The van der Waals surface area contributed by atoms with E-state index in [9.17, 15) is 13.2 Å². The number of carbonyl (C=O) groups is 1. The van der Waals surface area contributed by atoms with Crippen LogP contribution >= 0.6 is 15.9 Å². The summed E-state index contributed by atoms with van der Waals surface area (Å²) in [5, 5.41) is 0. The Kier molecular flexibility index (Phi) is 5.53. The highest BCUT2D eigenvalue weighted by molar-refractivity contribution is 9.10. The summed E-state index contributed by atoms with van der Waals surface area (Å²) >= 11 is 3.25. The summed E-state index contributed by atoms with van der Waals surface area (Å²) in [6, 6.07) is 6.87. The molecule has 0 saturated heterocycles. The lowest BCUT2D eigenvalue weighted by Gasteiger charge is -2.09. The van der Waals surface area contributed by atoms with Crippen LogP contribution in [0.3, 0.4) is 0 Å². The molecular formula is C13H17BrO3S. The minimum absolute atomic E-state index is 0.0691. The monoisotopic (exact) mass is 332 g/mol. The Balaban J connectivity index is 2.80. The zero-order valence-corrected chi connectivity index (χ0v) is 12.9. The number of sulfone groups is 1. The first-order valence-corrected chi connectivity index (χ1v) is 8.45. The normalized spacial score (nSPS) is 13.3. The van der Waals surface area contributed by atoms with E-state index in [1.807, 2.05) is 13.8 Å². The maximum absolute atomic E-state index is 11.9. The Hall–Kier alpha value is -0.680. The van der Waals surface area contributed by atoms with Gasteiger partial charge in [-0.2, -0.15) is 0 Å². The van der Waals surface area contributed by atoms with E-state index in [1.54, 1.807) is 24.3 Å². The fraction of sp³-hybridized carbons (Fsp3) is 0.462. The molecule has 0 aliphatic rings. The maximum atomic E-state index is 11.9. The highest BCUT2D eigenvalue weighted by Crippen LogP contribution is 2.17. The molecule has 0 bridgehead atoms. The number of halogens is 1. The second-order valence-electron chi connectivity index (χ2n) is 4.47. The van der Waals surface area contributed by atoms with Gasteiger partial charge in [-0.3, -0.25) is 4.79 Å². The number of hydrogen-bond donors (Lipinski definition) is 0. The molecule has 100 valence electrons. The van der Waals surface area contributed by atoms with Crippen LogP contribution in [-0.4, -0.2) is 25.7 Å². The molecule has 0 aliphatic heterocycles. The van der Waals surface area contributed by atoms with E-state index in [0.717, 1.165) is 6.42 Å². The van der Waals surface area contributed by atoms with Gasteiger partial charge in [0.25, 0.3) is 0 Å². The van der Waals surface area contributed by atoms with Crippen molar-refractivity contribution >= 4 is 31.6 Å². The van der Waals surface area contributed by atoms with Gasteiger partial charge in [-0.05, 0) is 12.0 Å². The van der Waals surface area contributed by atoms with E-state index in [1.165, 1.54) is 0 Å². The Morgan fingerprint density at radius 1 is 1.33 bits per heavy atom. The number of Topliss-reactive ketones (excluding diaryl/α,β-unsaturated/α-hetero) is 1. The fourth-order valence-corrected chi connectivity index (χ4v) is 3.86. The molecule has 1 unspecified atom stereocenters. The topological polar surface area (TPSA) is 51.2 Å². The summed E-state index contributed by atoms with van der Waals surface area (Å²) in [4.78, 5) is 11.9. The van der Waals surface area contributed by atoms with Crippen LogP contribution in [0.15, 0.2) is 28.7 Å². The zero-order chi connectivity index (χ0) is 13.8. The Morgan fingerprint density at radius 2 is 1.94 bits per heavy atom. The lowest BCUT2D eigenvalue weighted by atomic mass is 10.1. The molecular weight excluding hydrogens is 316 g/mol. The van der Waals surface area contributed by atoms with Gasteiger partial charge in [-0.1, -0.05) is 54.4 Å². The fourth-order valence-electron chi connectivity index (χ4n) is 1.58. The van der Waals surface area contributed by atoms with E-state index >= 15 is 0 Å². The first-order valence-electron chi connectivity index (χ1n) is 5.84. The van der Waals surface area contributed by atoms with Gasteiger partial charge in [-0.25, -0.2) is 8.42 Å². The van der Waals surface area contributed by atoms with Crippen molar-refractivity contribution in [2.75, 3.05) is 11.5 Å². The molecule has 0 amide bonds. The third-order valence-electron chi connectivity index (χ3n) is 2.76. The van der Waals surface area contributed by atoms with E-state index in [4.69, 9.17) is 0 Å². The minimum atomic E-state index is -3.33. The van der Waals surface area contributed by atoms with Crippen molar-refractivity contribution < 1.29 is 13.2 Å². The quantitative estimate of drug-likeness (QED) is 0.752. The molecule has 0 heterocycles. The highest BCUT2D eigenvalue weighted by atomic mass is 79.9. The smallest absolute Gasteiger partial charge is 0.178 e. The second-order valence-corrected chi connectivity index (χ2v) is 7.43. The molecule has 5 heteroatoms. The summed E-state index contributed by atoms with van der Waals surface area (Å²) in [5.41, 5.74) is 0.422. The lowest BCUT2D eigenvalue weighted by Crippen LogP contribution is -2.22. The largest absolute Gasteiger partial charge is 0.293 e. The first-order chi connectivity index (χ1) is 8.35. The Bertz CT molecular complexity index is 523. The van der Waals surface area contributed by atoms with Crippen LogP contribution in [-0.2, 0) is 9.84 Å². The van der Waals surface area contributed by atoms with Gasteiger partial charge in [0.05, 0.1) is 5.75 Å². The molecule has 0 radical (unpaired) electrons. The zero-order valence-electron chi connectivity index (χ0n) is 10.5. The molecule has 0 N–H and O–H groups in total. The summed E-state index contributed by atoms with van der Waals surface area (Å²) < 4.78 is 24.4. The lowest BCUT2D eigenvalue weighted by molar-refractivity contribution is 0.102. The van der Waals surface area contributed by atoms with Gasteiger partial charge in [0.15, 0.2) is 15.6 Å². The van der Waals surface area contributed by atoms with Crippen LogP contribution in [0.25, 0.3) is 0 Å². The van der Waals surface area contributed by atoms with Crippen molar-refractivity contribution in [2.24, 2.45) is 5.92 Å². The molecule has 1 atom stereocenters. The van der Waals surface area contributed by atoms with Crippen LogP contribution in [0.1, 0.15) is 30.6 Å². The van der Waals surface area contributed by atoms with Gasteiger partial charge < -0.3 is 0 Å². The van der Waals surface area contributed by atoms with Crippen LogP contribution in [0.5, 0.6) is 0 Å². The van der Waals surface area contributed by atoms with Gasteiger partial charge in [-0.15, -0.1) is 0 Å². The van der Waals surface area contributed by atoms with Crippen molar-refractivity contribution in [2.45, 2.75) is 20.3 Å². The summed E-state index contributed by atoms with van der Waals surface area (Å²) in [7, 11) is -3.33. The van der Waals surface area contributed by atoms with Gasteiger partial charge in [0.2, 0.25) is 0 Å². The Morgan fingerprint density at radius 3 is 2.50 bits per heavy atom. The summed E-state index contributed by atoms with van der Waals surface area (Å²) in [6.07, 6.45) is 0.794. The number of ketones is 1. The SMILES string of the molecule is CCC(C)CS(=O)(=O)CC(=O)c1ccccc1Br. The predicted octanol–water partition coefficient (Wildman–Crippen LogP) is 3.09. The van der Waals surface area contributed by atoms with E-state index in [0.29, 0.717) is 10.0 Å². The van der Waals surface area contributed by atoms with Crippen LogP contribution in [0, 0.1) is 5.92 Å². The number of carbonyl (C=O) groups excluding carboxylic acids is 1. The number of hydrogen-bond acceptors (Lipinski definition) is 3. The van der Waals surface area contributed by atoms with E-state index in [2.05, 4.69) is 15.9 Å². The third-order valence-corrected chi connectivity index (χ3v) is 5.23. The van der Waals surface area contributed by atoms with Crippen molar-refractivity contribution in [1.29, 1.82) is 0 Å². The van der Waals surface area contributed by atoms with Crippen molar-refractivity contribution in [1.82, 2.24) is 0 Å². The molecule has 0 aromatic heterocycles. The van der Waals surface area contributed by atoms with Gasteiger partial charge in [0, 0.05) is 10.0 Å². The molecule has 0 spiro atoms. The maximum Gasteiger partial charge on any atom is 0.178 e. The average Bonchev–Trinajstić information content (AvgIpc) is 2.27. The van der Waals surface area contributed by atoms with E-state index < -0.39 is 15.6 Å². The molecule has 0 saturated carbocycles. The molecule has 1 rings (SSSR count). The van der Waals surface area contributed by atoms with Crippen LogP contribution < -0.4 is 0 Å². The van der Waals surface area contributed by atoms with Crippen molar-refractivity contribution in [3.63, 3.8) is 0 Å². The first kappa shape index (κ1) is 15.4. The van der Waals surface area contributed by atoms with E-state index in [-0.39, 0.29) is 17.5 Å². The Labute approximate surface area is 117 Å². The molecule has 18 heavy (non-hydrogen) atoms. The van der Waals surface area contributed by atoms with Gasteiger partial charge in [0.1, 0.15) is 5.75 Å². The second kappa shape index (κ2) is 6.48. The predicted molar refractivity (Wildman–Crippen MR) is 76.6 cm³/mol. The third kappa shape index (κ3) is 4.53. The van der Waals surface area contributed by atoms with Crippen LogP contribution in [0.4, 0.5) is 0 Å². The summed E-state index contributed by atoms with van der Waals surface area (Å²) in [6.45, 7) is 3.82.